The predicted octanol–water partition coefficient (Wildman–Crippen LogP) is 1.38. The molecule has 0 bridgehead atoms. The molecule has 18 heavy (non-hydrogen) atoms. The Labute approximate surface area is 106 Å². The lowest BCUT2D eigenvalue weighted by Gasteiger charge is -2.23. The molecule has 0 fully saturated rings. The topological polar surface area (TPSA) is 89.8 Å². The van der Waals surface area contributed by atoms with Crippen molar-refractivity contribution < 1.29 is 5.11 Å². The third-order valence-electron chi connectivity index (χ3n) is 3.01. The number of nitrogen functional groups attached to an aromatic ring is 1. The maximum absolute atomic E-state index is 9.94. The van der Waals surface area contributed by atoms with E-state index in [0.29, 0.717) is 22.9 Å². The van der Waals surface area contributed by atoms with E-state index < -0.39 is 6.10 Å². The van der Waals surface area contributed by atoms with Gasteiger partial charge in [-0.25, -0.2) is 15.0 Å². The van der Waals surface area contributed by atoms with Gasteiger partial charge in [0.15, 0.2) is 11.5 Å². The highest BCUT2D eigenvalue weighted by atomic mass is 16.3. The molecule has 0 aliphatic carbocycles. The molecule has 0 amide bonds. The van der Waals surface area contributed by atoms with Crippen LogP contribution in [0.15, 0.2) is 12.7 Å². The average Bonchev–Trinajstić information content (AvgIpc) is 2.70. The molecule has 0 saturated heterocycles. The standard InChI is InChI=1S/C12H19N5O/c1-7(2)4-9(8(3)18)17-6-16-10-11(13)14-5-15-12(10)17/h5-9,18H,4H2,1-3H3,(H2,13,14,15). The van der Waals surface area contributed by atoms with Crippen LogP contribution in [0.1, 0.15) is 33.2 Å². The summed E-state index contributed by atoms with van der Waals surface area (Å²) in [6, 6.07) is -0.0516. The molecular formula is C12H19N5O. The minimum absolute atomic E-state index is 0.0516. The van der Waals surface area contributed by atoms with E-state index >= 15 is 0 Å². The normalized spacial score (nSPS) is 15.2. The molecule has 6 nitrogen and oxygen atoms in total. The van der Waals surface area contributed by atoms with Crippen molar-refractivity contribution in [3.05, 3.63) is 12.7 Å². The quantitative estimate of drug-likeness (QED) is 0.854. The van der Waals surface area contributed by atoms with Crippen molar-refractivity contribution >= 4 is 17.0 Å². The third-order valence-corrected chi connectivity index (χ3v) is 3.01. The van der Waals surface area contributed by atoms with Crippen LogP contribution in [0.4, 0.5) is 5.82 Å². The van der Waals surface area contributed by atoms with Crippen molar-refractivity contribution in [1.29, 1.82) is 0 Å². The molecule has 2 aromatic heterocycles. The molecule has 2 unspecified atom stereocenters. The van der Waals surface area contributed by atoms with Gasteiger partial charge in [-0.15, -0.1) is 0 Å². The van der Waals surface area contributed by atoms with Gasteiger partial charge in [0.05, 0.1) is 18.5 Å². The molecule has 2 atom stereocenters. The second-order valence-corrected chi connectivity index (χ2v) is 5.02. The number of imidazole rings is 1. The molecule has 0 spiro atoms. The van der Waals surface area contributed by atoms with Crippen LogP contribution >= 0.6 is 0 Å². The van der Waals surface area contributed by atoms with Gasteiger partial charge in [-0.1, -0.05) is 13.8 Å². The van der Waals surface area contributed by atoms with Gasteiger partial charge >= 0.3 is 0 Å². The Bertz CT molecular complexity index is 534. The van der Waals surface area contributed by atoms with E-state index in [1.165, 1.54) is 6.33 Å². The minimum atomic E-state index is -0.471. The van der Waals surface area contributed by atoms with Gasteiger partial charge in [-0.05, 0) is 19.3 Å². The summed E-state index contributed by atoms with van der Waals surface area (Å²) >= 11 is 0. The molecular weight excluding hydrogens is 230 g/mol. The summed E-state index contributed by atoms with van der Waals surface area (Å²) in [4.78, 5) is 12.4. The number of hydrogen-bond donors (Lipinski definition) is 2. The summed E-state index contributed by atoms with van der Waals surface area (Å²) in [5.74, 6) is 0.842. The number of nitrogens with two attached hydrogens (primary N) is 1. The van der Waals surface area contributed by atoms with Gasteiger partial charge in [-0.2, -0.15) is 0 Å². The highest BCUT2D eigenvalue weighted by Crippen LogP contribution is 2.26. The van der Waals surface area contributed by atoms with Crippen molar-refractivity contribution in [3.63, 3.8) is 0 Å². The number of rotatable bonds is 4. The molecule has 3 N–H and O–H groups in total. The number of fused-ring (bicyclic) bond motifs is 1. The Kier molecular flexibility index (Phi) is 3.47. The Morgan fingerprint density at radius 2 is 2.00 bits per heavy atom. The third kappa shape index (κ3) is 2.28. The van der Waals surface area contributed by atoms with E-state index in [1.807, 2.05) is 4.57 Å². The van der Waals surface area contributed by atoms with E-state index in [0.717, 1.165) is 6.42 Å². The van der Waals surface area contributed by atoms with Crippen LogP contribution in [0.2, 0.25) is 0 Å². The molecule has 2 aromatic rings. The first-order valence-electron chi connectivity index (χ1n) is 6.11. The molecule has 0 aromatic carbocycles. The van der Waals surface area contributed by atoms with Gasteiger partial charge in [0.2, 0.25) is 0 Å². The van der Waals surface area contributed by atoms with Crippen molar-refractivity contribution in [2.24, 2.45) is 5.92 Å². The summed E-state index contributed by atoms with van der Waals surface area (Å²) in [6.45, 7) is 6.03. The zero-order valence-corrected chi connectivity index (χ0v) is 10.9. The first-order chi connectivity index (χ1) is 8.50. The second-order valence-electron chi connectivity index (χ2n) is 5.02. The van der Waals surface area contributed by atoms with Crippen molar-refractivity contribution in [3.8, 4) is 0 Å². The fourth-order valence-corrected chi connectivity index (χ4v) is 2.14. The van der Waals surface area contributed by atoms with E-state index in [9.17, 15) is 5.11 Å². The van der Waals surface area contributed by atoms with Crippen LogP contribution in [0.25, 0.3) is 11.2 Å². The van der Waals surface area contributed by atoms with Crippen LogP contribution in [0.3, 0.4) is 0 Å². The SMILES string of the molecule is CC(C)CC(C(C)O)n1cnc2c(N)ncnc21. The van der Waals surface area contributed by atoms with Gasteiger partial charge < -0.3 is 15.4 Å². The highest BCUT2D eigenvalue weighted by Gasteiger charge is 2.21. The fourth-order valence-electron chi connectivity index (χ4n) is 2.14. The molecule has 0 aliphatic rings. The molecule has 0 aliphatic heterocycles. The molecule has 0 radical (unpaired) electrons. The first kappa shape index (κ1) is 12.8. The molecule has 0 saturated carbocycles. The Morgan fingerprint density at radius 3 is 2.61 bits per heavy atom. The first-order valence-corrected chi connectivity index (χ1v) is 6.11. The molecule has 2 rings (SSSR count). The largest absolute Gasteiger partial charge is 0.391 e. The minimum Gasteiger partial charge on any atom is -0.391 e. The van der Waals surface area contributed by atoms with Crippen LogP contribution < -0.4 is 5.73 Å². The van der Waals surface area contributed by atoms with Crippen molar-refractivity contribution in [2.75, 3.05) is 5.73 Å². The Morgan fingerprint density at radius 1 is 1.28 bits per heavy atom. The summed E-state index contributed by atoms with van der Waals surface area (Å²) in [5, 5.41) is 9.94. The summed E-state index contributed by atoms with van der Waals surface area (Å²) in [5.41, 5.74) is 7.02. The monoisotopic (exact) mass is 249 g/mol. The van der Waals surface area contributed by atoms with Gasteiger partial charge in [0.25, 0.3) is 0 Å². The maximum Gasteiger partial charge on any atom is 0.165 e. The van der Waals surface area contributed by atoms with Crippen LogP contribution in [-0.2, 0) is 0 Å². The van der Waals surface area contributed by atoms with Crippen molar-refractivity contribution in [1.82, 2.24) is 19.5 Å². The predicted molar refractivity (Wildman–Crippen MR) is 69.9 cm³/mol. The second kappa shape index (κ2) is 4.89. The Hall–Kier alpha value is -1.69. The highest BCUT2D eigenvalue weighted by molar-refractivity contribution is 5.81. The molecule has 2 heterocycles. The summed E-state index contributed by atoms with van der Waals surface area (Å²) in [7, 11) is 0. The molecule has 98 valence electrons. The zero-order valence-electron chi connectivity index (χ0n) is 10.9. The number of hydrogen-bond acceptors (Lipinski definition) is 5. The van der Waals surface area contributed by atoms with Gasteiger partial charge in [-0.3, -0.25) is 0 Å². The van der Waals surface area contributed by atoms with E-state index in [-0.39, 0.29) is 6.04 Å². The summed E-state index contributed by atoms with van der Waals surface area (Å²) in [6.07, 6.45) is 3.48. The smallest absolute Gasteiger partial charge is 0.165 e. The van der Waals surface area contributed by atoms with E-state index in [4.69, 9.17) is 5.73 Å². The lowest BCUT2D eigenvalue weighted by atomic mass is 10.00. The fraction of sp³-hybridized carbons (Fsp3) is 0.583. The summed E-state index contributed by atoms with van der Waals surface area (Å²) < 4.78 is 1.89. The van der Waals surface area contributed by atoms with E-state index in [2.05, 4.69) is 28.8 Å². The number of anilines is 1. The Balaban J connectivity index is 2.48. The average molecular weight is 249 g/mol. The van der Waals surface area contributed by atoms with Gasteiger partial charge in [0.1, 0.15) is 11.8 Å². The zero-order chi connectivity index (χ0) is 13.3. The van der Waals surface area contributed by atoms with Crippen LogP contribution in [0, 0.1) is 5.92 Å². The lowest BCUT2D eigenvalue weighted by Crippen LogP contribution is -2.22. The van der Waals surface area contributed by atoms with Crippen molar-refractivity contribution in [2.45, 2.75) is 39.3 Å². The molecule has 6 heteroatoms. The lowest BCUT2D eigenvalue weighted by molar-refractivity contribution is 0.118. The maximum atomic E-state index is 9.94. The number of aliphatic hydroxyl groups is 1. The number of aromatic nitrogens is 4. The van der Waals surface area contributed by atoms with Crippen LogP contribution in [0.5, 0.6) is 0 Å². The van der Waals surface area contributed by atoms with Crippen LogP contribution in [-0.4, -0.2) is 30.7 Å². The number of aliphatic hydroxyl groups excluding tert-OH is 1. The van der Waals surface area contributed by atoms with Gasteiger partial charge in [0, 0.05) is 0 Å². The van der Waals surface area contributed by atoms with E-state index in [1.54, 1.807) is 13.3 Å². The number of nitrogens with zero attached hydrogens (tertiary/aromatic N) is 4.